The molecule has 2 nitrogen and oxygen atoms in total. The molecule has 0 aromatic heterocycles. The maximum absolute atomic E-state index is 14.1. The highest BCUT2D eigenvalue weighted by Crippen LogP contribution is 2.38. The van der Waals surface area contributed by atoms with E-state index >= 15 is 0 Å². The van der Waals surface area contributed by atoms with Gasteiger partial charge >= 0.3 is 0 Å². The van der Waals surface area contributed by atoms with Crippen LogP contribution in [0.2, 0.25) is 0 Å². The van der Waals surface area contributed by atoms with Gasteiger partial charge in [-0.1, -0.05) is 15.9 Å². The Morgan fingerprint density at radius 3 is 1.90 bits per heavy atom. The van der Waals surface area contributed by atoms with Crippen LogP contribution in [0.3, 0.4) is 0 Å². The molecule has 0 saturated carbocycles. The van der Waals surface area contributed by atoms with Crippen LogP contribution in [-0.2, 0) is 0 Å². The van der Waals surface area contributed by atoms with Crippen molar-refractivity contribution in [1.82, 2.24) is 0 Å². The molecule has 2 aromatic carbocycles. The molecule has 0 amide bonds. The summed E-state index contributed by atoms with van der Waals surface area (Å²) in [6.07, 6.45) is 0. The van der Waals surface area contributed by atoms with Gasteiger partial charge in [-0.05, 0) is 23.8 Å². The van der Waals surface area contributed by atoms with Gasteiger partial charge in [-0.25, -0.2) is 13.2 Å². The number of ether oxygens (including phenoxy) is 2. The Morgan fingerprint density at radius 2 is 1.38 bits per heavy atom. The number of methoxy groups -OCH3 is 2. The van der Waals surface area contributed by atoms with E-state index in [-0.39, 0.29) is 16.9 Å². The van der Waals surface area contributed by atoms with Crippen molar-refractivity contribution in [2.45, 2.75) is 4.83 Å². The van der Waals surface area contributed by atoms with Gasteiger partial charge in [-0.2, -0.15) is 0 Å². The van der Waals surface area contributed by atoms with Crippen molar-refractivity contribution in [3.8, 4) is 11.5 Å². The quantitative estimate of drug-likeness (QED) is 0.741. The zero-order valence-electron chi connectivity index (χ0n) is 11.3. The Bertz CT molecular complexity index is 641. The minimum Gasteiger partial charge on any atom is -0.493 e. The summed E-state index contributed by atoms with van der Waals surface area (Å²) < 4.78 is 50.8. The molecule has 0 aliphatic carbocycles. The molecule has 2 rings (SSSR count). The molecule has 0 saturated heterocycles. The number of halogens is 4. The molecular formula is C15H12BrF3O2. The Balaban J connectivity index is 2.49. The fourth-order valence-electron chi connectivity index (χ4n) is 1.97. The summed E-state index contributed by atoms with van der Waals surface area (Å²) in [5, 5.41) is 0. The number of hydrogen-bond acceptors (Lipinski definition) is 2. The molecule has 0 aliphatic heterocycles. The van der Waals surface area contributed by atoms with Gasteiger partial charge in [-0.15, -0.1) is 0 Å². The summed E-state index contributed by atoms with van der Waals surface area (Å²) in [5.41, 5.74) is 0.455. The van der Waals surface area contributed by atoms with Crippen LogP contribution < -0.4 is 9.47 Å². The van der Waals surface area contributed by atoms with E-state index in [0.717, 1.165) is 24.3 Å². The third-order valence-corrected chi connectivity index (χ3v) is 3.98. The van der Waals surface area contributed by atoms with Crippen molar-refractivity contribution in [2.75, 3.05) is 14.2 Å². The van der Waals surface area contributed by atoms with Gasteiger partial charge in [0.1, 0.15) is 17.5 Å². The summed E-state index contributed by atoms with van der Waals surface area (Å²) >= 11 is 3.25. The van der Waals surface area contributed by atoms with Crippen molar-refractivity contribution in [3.05, 3.63) is 58.9 Å². The normalized spacial score (nSPS) is 12.1. The number of rotatable bonds is 4. The molecule has 1 unspecified atom stereocenters. The minimum absolute atomic E-state index is 0.192. The van der Waals surface area contributed by atoms with Crippen LogP contribution in [0.15, 0.2) is 30.3 Å². The zero-order valence-corrected chi connectivity index (χ0v) is 12.9. The molecule has 21 heavy (non-hydrogen) atoms. The molecule has 112 valence electrons. The summed E-state index contributed by atoms with van der Waals surface area (Å²) in [5.74, 6) is -1.45. The van der Waals surface area contributed by atoms with E-state index in [1.54, 1.807) is 0 Å². The van der Waals surface area contributed by atoms with Crippen LogP contribution in [0.4, 0.5) is 13.2 Å². The summed E-state index contributed by atoms with van der Waals surface area (Å²) in [6, 6.07) is 5.62. The smallest absolute Gasteiger partial charge is 0.163 e. The molecule has 6 heteroatoms. The maximum atomic E-state index is 14.1. The van der Waals surface area contributed by atoms with E-state index in [0.29, 0.717) is 5.75 Å². The third-order valence-electron chi connectivity index (χ3n) is 2.95. The zero-order chi connectivity index (χ0) is 15.6. The Labute approximate surface area is 128 Å². The van der Waals surface area contributed by atoms with Crippen LogP contribution in [0.5, 0.6) is 11.5 Å². The van der Waals surface area contributed by atoms with Gasteiger partial charge in [0.2, 0.25) is 0 Å². The van der Waals surface area contributed by atoms with Gasteiger partial charge in [0.15, 0.2) is 11.5 Å². The maximum Gasteiger partial charge on any atom is 0.163 e. The fraction of sp³-hybridized carbons (Fsp3) is 0.200. The van der Waals surface area contributed by atoms with Crippen LogP contribution >= 0.6 is 15.9 Å². The average Bonchev–Trinajstić information content (AvgIpc) is 2.45. The summed E-state index contributed by atoms with van der Waals surface area (Å²) in [6.45, 7) is 0. The molecule has 0 N–H and O–H groups in total. The molecule has 0 spiro atoms. The van der Waals surface area contributed by atoms with Gasteiger partial charge in [0.25, 0.3) is 0 Å². The largest absolute Gasteiger partial charge is 0.493 e. The first-order chi connectivity index (χ1) is 9.96. The second-order valence-corrected chi connectivity index (χ2v) is 5.21. The lowest BCUT2D eigenvalue weighted by atomic mass is 10.0. The average molecular weight is 361 g/mol. The molecule has 0 fully saturated rings. The first kappa shape index (κ1) is 15.7. The number of alkyl halides is 1. The van der Waals surface area contributed by atoms with Crippen molar-refractivity contribution in [3.63, 3.8) is 0 Å². The van der Waals surface area contributed by atoms with Crippen molar-refractivity contribution in [2.24, 2.45) is 0 Å². The minimum atomic E-state index is -0.727. The fourth-order valence-corrected chi connectivity index (χ4v) is 2.58. The highest BCUT2D eigenvalue weighted by atomic mass is 79.9. The van der Waals surface area contributed by atoms with Gasteiger partial charge in [0.05, 0.1) is 19.0 Å². The first-order valence-corrected chi connectivity index (χ1v) is 6.89. The third kappa shape index (κ3) is 3.32. The molecule has 0 aliphatic rings. The molecular weight excluding hydrogens is 349 g/mol. The lowest BCUT2D eigenvalue weighted by Gasteiger charge is -2.15. The monoisotopic (exact) mass is 360 g/mol. The lowest BCUT2D eigenvalue weighted by Crippen LogP contribution is -2.01. The Kier molecular flexibility index (Phi) is 4.77. The Morgan fingerprint density at radius 1 is 0.857 bits per heavy atom. The SMILES string of the molecule is COc1cc(F)c(C(Br)c2cc(F)cc(F)c2)cc1OC. The van der Waals surface area contributed by atoms with Gasteiger partial charge < -0.3 is 9.47 Å². The van der Waals surface area contributed by atoms with E-state index in [9.17, 15) is 13.2 Å². The Hall–Kier alpha value is -1.69. The topological polar surface area (TPSA) is 18.5 Å². The molecule has 1 atom stereocenters. The van der Waals surface area contributed by atoms with Crippen LogP contribution in [0, 0.1) is 17.5 Å². The van der Waals surface area contributed by atoms with Crippen LogP contribution in [0.25, 0.3) is 0 Å². The molecule has 2 aromatic rings. The molecule has 0 bridgehead atoms. The van der Waals surface area contributed by atoms with Crippen molar-refractivity contribution < 1.29 is 22.6 Å². The first-order valence-electron chi connectivity index (χ1n) is 5.97. The predicted octanol–water partition coefficient (Wildman–Crippen LogP) is 4.61. The summed E-state index contributed by atoms with van der Waals surface area (Å²) in [4.78, 5) is -0.720. The van der Waals surface area contributed by atoms with E-state index in [1.165, 1.54) is 20.3 Å². The van der Waals surface area contributed by atoms with Crippen LogP contribution in [0.1, 0.15) is 16.0 Å². The van der Waals surface area contributed by atoms with E-state index in [4.69, 9.17) is 9.47 Å². The van der Waals surface area contributed by atoms with Crippen LogP contribution in [-0.4, -0.2) is 14.2 Å². The van der Waals surface area contributed by atoms with E-state index in [2.05, 4.69) is 15.9 Å². The molecule has 0 radical (unpaired) electrons. The predicted molar refractivity (Wildman–Crippen MR) is 76.6 cm³/mol. The lowest BCUT2D eigenvalue weighted by molar-refractivity contribution is 0.351. The van der Waals surface area contributed by atoms with Gasteiger partial charge in [0, 0.05) is 17.7 Å². The molecule has 0 heterocycles. The van der Waals surface area contributed by atoms with E-state index in [1.807, 2.05) is 0 Å². The highest BCUT2D eigenvalue weighted by molar-refractivity contribution is 9.09. The van der Waals surface area contributed by atoms with Crippen molar-refractivity contribution in [1.29, 1.82) is 0 Å². The standard InChI is InChI=1S/C15H12BrF3O2/c1-20-13-6-11(12(19)7-14(13)21-2)15(16)8-3-9(17)5-10(18)4-8/h3-7,15H,1-2H3. The number of benzene rings is 2. The highest BCUT2D eigenvalue weighted by Gasteiger charge is 2.20. The summed E-state index contributed by atoms with van der Waals surface area (Å²) in [7, 11) is 2.81. The second kappa shape index (κ2) is 6.39. The number of hydrogen-bond donors (Lipinski definition) is 0. The van der Waals surface area contributed by atoms with Crippen molar-refractivity contribution >= 4 is 15.9 Å². The van der Waals surface area contributed by atoms with Gasteiger partial charge in [-0.3, -0.25) is 0 Å². The second-order valence-electron chi connectivity index (χ2n) is 4.29. The van der Waals surface area contributed by atoms with E-state index < -0.39 is 22.3 Å².